The van der Waals surface area contributed by atoms with Gasteiger partial charge >= 0.3 is 11.9 Å². The minimum absolute atomic E-state index is 0.135. The van der Waals surface area contributed by atoms with E-state index >= 15 is 0 Å². The predicted molar refractivity (Wildman–Crippen MR) is 109 cm³/mol. The first kappa shape index (κ1) is 21.7. The van der Waals surface area contributed by atoms with Crippen LogP contribution < -0.4 is 9.47 Å². The average molecular weight is 393 g/mol. The third kappa shape index (κ3) is 5.69. The van der Waals surface area contributed by atoms with Gasteiger partial charge in [0.25, 0.3) is 0 Å². The Morgan fingerprint density at radius 3 is 2.34 bits per heavy atom. The SMILES string of the molecule is CCOC(=O)/C(C#N)=C/c1ccc(OC(=O)c2ccc(C(C)C)cc2)c(OC)c1. The van der Waals surface area contributed by atoms with Crippen LogP contribution in [-0.2, 0) is 9.53 Å². The Bertz CT molecular complexity index is 952. The number of nitrogens with zero attached hydrogens (tertiary/aromatic N) is 1. The third-order valence-corrected chi connectivity index (χ3v) is 4.13. The fraction of sp³-hybridized carbons (Fsp3) is 0.261. The number of nitriles is 1. The number of esters is 2. The van der Waals surface area contributed by atoms with Crippen LogP contribution in [0.15, 0.2) is 48.0 Å². The lowest BCUT2D eigenvalue weighted by Crippen LogP contribution is -2.09. The Balaban J connectivity index is 2.23. The van der Waals surface area contributed by atoms with E-state index in [9.17, 15) is 9.59 Å². The summed E-state index contributed by atoms with van der Waals surface area (Å²) >= 11 is 0. The molecule has 6 nitrogen and oxygen atoms in total. The van der Waals surface area contributed by atoms with E-state index in [1.54, 1.807) is 37.3 Å². The van der Waals surface area contributed by atoms with Crippen LogP contribution in [0.5, 0.6) is 11.5 Å². The molecular weight excluding hydrogens is 370 g/mol. The van der Waals surface area contributed by atoms with Gasteiger partial charge in [0.2, 0.25) is 0 Å². The molecule has 2 aromatic rings. The molecule has 0 unspecified atom stereocenters. The molecule has 0 aliphatic heterocycles. The lowest BCUT2D eigenvalue weighted by Gasteiger charge is -2.11. The maximum absolute atomic E-state index is 12.4. The molecule has 2 rings (SSSR count). The standard InChI is InChI=1S/C23H23NO5/c1-5-28-22(25)19(14-24)12-16-6-11-20(21(13-16)27-4)29-23(26)18-9-7-17(8-10-18)15(2)3/h6-13,15H,5H2,1-4H3/b19-12+. The normalized spacial score (nSPS) is 11.0. The molecule has 0 bridgehead atoms. The van der Waals surface area contributed by atoms with Crippen molar-refractivity contribution in [1.82, 2.24) is 0 Å². The van der Waals surface area contributed by atoms with Crippen molar-refractivity contribution in [3.8, 4) is 17.6 Å². The minimum atomic E-state index is -0.700. The number of carbonyl (C=O) groups excluding carboxylic acids is 2. The van der Waals surface area contributed by atoms with E-state index in [-0.39, 0.29) is 17.9 Å². The van der Waals surface area contributed by atoms with E-state index in [0.29, 0.717) is 22.8 Å². The Morgan fingerprint density at radius 1 is 1.10 bits per heavy atom. The number of rotatable bonds is 7. The highest BCUT2D eigenvalue weighted by Gasteiger charge is 2.15. The lowest BCUT2D eigenvalue weighted by atomic mass is 10.0. The molecule has 0 aliphatic rings. The van der Waals surface area contributed by atoms with Gasteiger partial charge in [-0.15, -0.1) is 0 Å². The summed E-state index contributed by atoms with van der Waals surface area (Å²) in [4.78, 5) is 24.2. The molecule has 0 aromatic heterocycles. The molecule has 0 saturated heterocycles. The fourth-order valence-corrected chi connectivity index (χ4v) is 2.53. The highest BCUT2D eigenvalue weighted by molar-refractivity contribution is 5.98. The van der Waals surface area contributed by atoms with Gasteiger partial charge in [-0.2, -0.15) is 5.26 Å². The number of hydrogen-bond acceptors (Lipinski definition) is 6. The van der Waals surface area contributed by atoms with Crippen molar-refractivity contribution in [1.29, 1.82) is 5.26 Å². The third-order valence-electron chi connectivity index (χ3n) is 4.13. The van der Waals surface area contributed by atoms with Crippen molar-refractivity contribution < 1.29 is 23.8 Å². The van der Waals surface area contributed by atoms with E-state index in [0.717, 1.165) is 5.56 Å². The summed E-state index contributed by atoms with van der Waals surface area (Å²) in [5, 5.41) is 9.14. The van der Waals surface area contributed by atoms with E-state index in [1.807, 2.05) is 18.2 Å². The first-order valence-electron chi connectivity index (χ1n) is 9.18. The van der Waals surface area contributed by atoms with Gasteiger partial charge in [0.05, 0.1) is 19.3 Å². The first-order chi connectivity index (χ1) is 13.9. The minimum Gasteiger partial charge on any atom is -0.493 e. The van der Waals surface area contributed by atoms with Gasteiger partial charge in [0.1, 0.15) is 11.6 Å². The Hall–Kier alpha value is -3.59. The van der Waals surface area contributed by atoms with Crippen LogP contribution in [0, 0.1) is 11.3 Å². The summed E-state index contributed by atoms with van der Waals surface area (Å²) in [6.45, 7) is 5.99. The quantitative estimate of drug-likeness (QED) is 0.298. The second-order valence-corrected chi connectivity index (χ2v) is 6.47. The molecular formula is C23H23NO5. The summed E-state index contributed by atoms with van der Waals surface area (Å²) in [5.74, 6) is -0.307. The van der Waals surface area contributed by atoms with Gasteiger partial charge in [-0.05, 0) is 54.3 Å². The summed E-state index contributed by atoms with van der Waals surface area (Å²) in [6, 6.07) is 13.8. The monoisotopic (exact) mass is 393 g/mol. The van der Waals surface area contributed by atoms with Gasteiger partial charge in [-0.3, -0.25) is 0 Å². The summed E-state index contributed by atoms with van der Waals surface area (Å²) in [5.41, 5.74) is 1.95. The Kier molecular flexibility index (Phi) is 7.55. The van der Waals surface area contributed by atoms with Gasteiger partial charge in [0, 0.05) is 0 Å². The summed E-state index contributed by atoms with van der Waals surface area (Å²) in [7, 11) is 1.44. The lowest BCUT2D eigenvalue weighted by molar-refractivity contribution is -0.137. The maximum atomic E-state index is 12.4. The molecule has 0 radical (unpaired) electrons. The fourth-order valence-electron chi connectivity index (χ4n) is 2.53. The molecule has 0 heterocycles. The van der Waals surface area contributed by atoms with Gasteiger partial charge in [-0.1, -0.05) is 32.0 Å². The molecule has 0 aliphatic carbocycles. The largest absolute Gasteiger partial charge is 0.493 e. The molecule has 0 saturated carbocycles. The molecule has 6 heteroatoms. The molecule has 2 aromatic carbocycles. The molecule has 0 fully saturated rings. The smallest absolute Gasteiger partial charge is 0.348 e. The zero-order chi connectivity index (χ0) is 21.4. The van der Waals surface area contributed by atoms with Crippen LogP contribution in [0.25, 0.3) is 6.08 Å². The van der Waals surface area contributed by atoms with E-state index in [2.05, 4.69) is 13.8 Å². The first-order valence-corrected chi connectivity index (χ1v) is 9.18. The second kappa shape index (κ2) is 10.1. The van der Waals surface area contributed by atoms with E-state index in [1.165, 1.54) is 13.2 Å². The molecule has 150 valence electrons. The van der Waals surface area contributed by atoms with Crippen LogP contribution in [0.4, 0.5) is 0 Å². The van der Waals surface area contributed by atoms with E-state index < -0.39 is 11.9 Å². The second-order valence-electron chi connectivity index (χ2n) is 6.47. The highest BCUT2D eigenvalue weighted by Crippen LogP contribution is 2.30. The van der Waals surface area contributed by atoms with Crippen LogP contribution in [-0.4, -0.2) is 25.7 Å². The molecule has 0 N–H and O–H groups in total. The highest BCUT2D eigenvalue weighted by atomic mass is 16.6. The van der Waals surface area contributed by atoms with Gasteiger partial charge in [0.15, 0.2) is 11.5 Å². The average Bonchev–Trinajstić information content (AvgIpc) is 2.72. The summed E-state index contributed by atoms with van der Waals surface area (Å²) < 4.78 is 15.6. The summed E-state index contributed by atoms with van der Waals surface area (Å²) in [6.07, 6.45) is 1.39. The van der Waals surface area contributed by atoms with Crippen LogP contribution in [0.2, 0.25) is 0 Å². The Morgan fingerprint density at radius 2 is 1.79 bits per heavy atom. The van der Waals surface area contributed by atoms with Gasteiger partial charge < -0.3 is 14.2 Å². The zero-order valence-electron chi connectivity index (χ0n) is 16.9. The molecule has 0 atom stereocenters. The van der Waals surface area contributed by atoms with E-state index in [4.69, 9.17) is 19.5 Å². The van der Waals surface area contributed by atoms with Crippen molar-refractivity contribution in [2.45, 2.75) is 26.7 Å². The van der Waals surface area contributed by atoms with Crippen LogP contribution in [0.3, 0.4) is 0 Å². The Labute approximate surface area is 170 Å². The number of benzene rings is 2. The number of methoxy groups -OCH3 is 1. The number of carbonyl (C=O) groups is 2. The van der Waals surface area contributed by atoms with Crippen molar-refractivity contribution in [3.05, 3.63) is 64.7 Å². The van der Waals surface area contributed by atoms with Crippen molar-refractivity contribution >= 4 is 18.0 Å². The predicted octanol–water partition coefficient (Wildman–Crippen LogP) is 4.51. The maximum Gasteiger partial charge on any atom is 0.348 e. The topological polar surface area (TPSA) is 85.6 Å². The van der Waals surface area contributed by atoms with Crippen molar-refractivity contribution in [2.24, 2.45) is 0 Å². The zero-order valence-corrected chi connectivity index (χ0v) is 16.9. The van der Waals surface area contributed by atoms with Gasteiger partial charge in [-0.25, -0.2) is 9.59 Å². The molecule has 29 heavy (non-hydrogen) atoms. The molecule has 0 spiro atoms. The van der Waals surface area contributed by atoms with Crippen LogP contribution in [0.1, 0.15) is 48.2 Å². The van der Waals surface area contributed by atoms with Crippen molar-refractivity contribution in [2.75, 3.05) is 13.7 Å². The number of hydrogen-bond donors (Lipinski definition) is 0. The molecule has 0 amide bonds. The van der Waals surface area contributed by atoms with Crippen LogP contribution >= 0.6 is 0 Å². The van der Waals surface area contributed by atoms with Crippen molar-refractivity contribution in [3.63, 3.8) is 0 Å². The number of ether oxygens (including phenoxy) is 3.